The van der Waals surface area contributed by atoms with Crippen LogP contribution in [-0.4, -0.2) is 18.6 Å². The zero-order valence-electron chi connectivity index (χ0n) is 12.3. The number of rotatable bonds is 5. The summed E-state index contributed by atoms with van der Waals surface area (Å²) in [6, 6.07) is 15.1. The summed E-state index contributed by atoms with van der Waals surface area (Å²) < 4.78 is 6.60. The van der Waals surface area contributed by atoms with Gasteiger partial charge in [-0.15, -0.1) is 0 Å². The molecule has 0 bridgehead atoms. The zero-order chi connectivity index (χ0) is 14.7. The quantitative estimate of drug-likeness (QED) is 0.705. The van der Waals surface area contributed by atoms with Gasteiger partial charge in [-0.1, -0.05) is 24.3 Å². The maximum absolute atomic E-state index is 5.19. The van der Waals surface area contributed by atoms with Crippen molar-refractivity contribution in [3.63, 3.8) is 0 Å². The third-order valence-corrected chi connectivity index (χ3v) is 5.10. The Morgan fingerprint density at radius 1 is 1.10 bits per heavy atom. The van der Waals surface area contributed by atoms with Gasteiger partial charge >= 0.3 is 0 Å². The number of methoxy groups -OCH3 is 1. The van der Waals surface area contributed by atoms with Crippen LogP contribution in [-0.2, 0) is 19.5 Å². The topological polar surface area (TPSA) is 12.5 Å². The predicted octanol–water partition coefficient (Wildman–Crippen LogP) is 4.25. The van der Waals surface area contributed by atoms with Gasteiger partial charge in [0.15, 0.2) is 0 Å². The SMILES string of the molecule is COc1ccc(CCCN2Cc3cccc(I)c3C2)cc1. The van der Waals surface area contributed by atoms with E-state index in [1.807, 2.05) is 12.1 Å². The molecule has 1 aliphatic rings. The summed E-state index contributed by atoms with van der Waals surface area (Å²) in [5.74, 6) is 0.934. The molecule has 3 rings (SSSR count). The van der Waals surface area contributed by atoms with Crippen LogP contribution in [0.5, 0.6) is 5.75 Å². The molecule has 0 aromatic heterocycles. The van der Waals surface area contributed by atoms with E-state index in [4.69, 9.17) is 4.74 Å². The van der Waals surface area contributed by atoms with Crippen LogP contribution in [0.15, 0.2) is 42.5 Å². The maximum Gasteiger partial charge on any atom is 0.118 e. The van der Waals surface area contributed by atoms with Gasteiger partial charge in [0.25, 0.3) is 0 Å². The van der Waals surface area contributed by atoms with E-state index in [0.717, 1.165) is 31.8 Å². The molecule has 110 valence electrons. The molecule has 0 aliphatic carbocycles. The summed E-state index contributed by atoms with van der Waals surface area (Å²) in [7, 11) is 1.71. The zero-order valence-corrected chi connectivity index (χ0v) is 14.5. The monoisotopic (exact) mass is 393 g/mol. The van der Waals surface area contributed by atoms with Gasteiger partial charge in [-0.05, 0) is 76.9 Å². The predicted molar refractivity (Wildman–Crippen MR) is 94.6 cm³/mol. The number of benzene rings is 2. The van der Waals surface area contributed by atoms with E-state index >= 15 is 0 Å². The molecule has 0 N–H and O–H groups in total. The van der Waals surface area contributed by atoms with Crippen molar-refractivity contribution in [1.29, 1.82) is 0 Å². The number of aryl methyl sites for hydroxylation is 1. The first-order valence-corrected chi connectivity index (χ1v) is 8.45. The van der Waals surface area contributed by atoms with Crippen LogP contribution in [0.3, 0.4) is 0 Å². The second kappa shape index (κ2) is 6.79. The fourth-order valence-corrected chi connectivity index (χ4v) is 3.63. The number of ether oxygens (including phenoxy) is 1. The number of nitrogens with zero attached hydrogens (tertiary/aromatic N) is 1. The average Bonchev–Trinajstić information content (AvgIpc) is 2.92. The molecule has 0 fully saturated rings. The Morgan fingerprint density at radius 3 is 2.62 bits per heavy atom. The molecule has 0 atom stereocenters. The van der Waals surface area contributed by atoms with Crippen molar-refractivity contribution in [3.05, 3.63) is 62.7 Å². The van der Waals surface area contributed by atoms with Gasteiger partial charge < -0.3 is 4.74 Å². The molecule has 0 amide bonds. The highest BCUT2D eigenvalue weighted by molar-refractivity contribution is 14.1. The smallest absolute Gasteiger partial charge is 0.118 e. The second-order valence-corrected chi connectivity index (χ2v) is 6.70. The van der Waals surface area contributed by atoms with Crippen molar-refractivity contribution in [1.82, 2.24) is 4.90 Å². The van der Waals surface area contributed by atoms with Gasteiger partial charge in [0.2, 0.25) is 0 Å². The summed E-state index contributed by atoms with van der Waals surface area (Å²) in [6.07, 6.45) is 2.34. The van der Waals surface area contributed by atoms with Gasteiger partial charge in [-0.3, -0.25) is 4.90 Å². The van der Waals surface area contributed by atoms with Crippen LogP contribution in [0.2, 0.25) is 0 Å². The first kappa shape index (κ1) is 14.9. The fourth-order valence-electron chi connectivity index (χ4n) is 2.91. The number of hydrogen-bond donors (Lipinski definition) is 0. The van der Waals surface area contributed by atoms with Crippen molar-refractivity contribution in [3.8, 4) is 5.75 Å². The van der Waals surface area contributed by atoms with Gasteiger partial charge in [-0.2, -0.15) is 0 Å². The van der Waals surface area contributed by atoms with Crippen molar-refractivity contribution in [2.24, 2.45) is 0 Å². The summed E-state index contributed by atoms with van der Waals surface area (Å²) in [5.41, 5.74) is 4.43. The lowest BCUT2D eigenvalue weighted by molar-refractivity contribution is 0.280. The Kier molecular flexibility index (Phi) is 4.80. The fraction of sp³-hybridized carbons (Fsp3) is 0.333. The summed E-state index contributed by atoms with van der Waals surface area (Å²) in [5, 5.41) is 0. The number of hydrogen-bond acceptors (Lipinski definition) is 2. The first-order chi connectivity index (χ1) is 10.3. The Balaban J connectivity index is 1.50. The van der Waals surface area contributed by atoms with Gasteiger partial charge in [0.1, 0.15) is 5.75 Å². The van der Waals surface area contributed by atoms with Gasteiger partial charge in [-0.25, -0.2) is 0 Å². The van der Waals surface area contributed by atoms with E-state index in [-0.39, 0.29) is 0 Å². The van der Waals surface area contributed by atoms with Crippen LogP contribution >= 0.6 is 22.6 Å². The maximum atomic E-state index is 5.19. The average molecular weight is 393 g/mol. The molecule has 1 aliphatic heterocycles. The van der Waals surface area contributed by atoms with Crippen LogP contribution in [0.1, 0.15) is 23.1 Å². The molecule has 2 nitrogen and oxygen atoms in total. The molecule has 0 saturated heterocycles. The largest absolute Gasteiger partial charge is 0.497 e. The van der Waals surface area contributed by atoms with E-state index in [1.54, 1.807) is 7.11 Å². The second-order valence-electron chi connectivity index (χ2n) is 5.54. The molecular weight excluding hydrogens is 373 g/mol. The lowest BCUT2D eigenvalue weighted by Crippen LogP contribution is -2.18. The normalized spacial score (nSPS) is 14.2. The van der Waals surface area contributed by atoms with E-state index in [1.165, 1.54) is 26.7 Å². The standard InChI is InChI=1S/C18H20INO/c1-21-16-9-7-14(8-10-16)4-3-11-20-12-15-5-2-6-18(19)17(15)13-20/h2,5-10H,3-4,11-13H2,1H3. The molecule has 0 unspecified atom stereocenters. The number of halogens is 1. The highest BCUT2D eigenvalue weighted by Gasteiger charge is 2.19. The molecule has 3 heteroatoms. The lowest BCUT2D eigenvalue weighted by Gasteiger charge is -2.14. The van der Waals surface area contributed by atoms with Crippen LogP contribution < -0.4 is 4.74 Å². The molecular formula is C18H20INO. The molecule has 0 radical (unpaired) electrons. The minimum atomic E-state index is 0.934. The Bertz CT molecular complexity index is 609. The molecule has 21 heavy (non-hydrogen) atoms. The van der Waals surface area contributed by atoms with Crippen molar-refractivity contribution in [2.75, 3.05) is 13.7 Å². The summed E-state index contributed by atoms with van der Waals surface area (Å²) in [6.45, 7) is 3.38. The Morgan fingerprint density at radius 2 is 1.90 bits per heavy atom. The Hall–Kier alpha value is -1.07. The van der Waals surface area contributed by atoms with E-state index in [0.29, 0.717) is 0 Å². The molecule has 2 aromatic rings. The van der Waals surface area contributed by atoms with Crippen molar-refractivity contribution < 1.29 is 4.74 Å². The van der Waals surface area contributed by atoms with Crippen LogP contribution in [0, 0.1) is 3.57 Å². The molecule has 0 saturated carbocycles. The third kappa shape index (κ3) is 3.58. The van der Waals surface area contributed by atoms with E-state index in [2.05, 4.69) is 57.8 Å². The lowest BCUT2D eigenvalue weighted by atomic mass is 10.1. The van der Waals surface area contributed by atoms with Crippen molar-refractivity contribution in [2.45, 2.75) is 25.9 Å². The summed E-state index contributed by atoms with van der Waals surface area (Å²) in [4.78, 5) is 2.55. The van der Waals surface area contributed by atoms with E-state index < -0.39 is 0 Å². The van der Waals surface area contributed by atoms with Crippen molar-refractivity contribution >= 4 is 22.6 Å². The van der Waals surface area contributed by atoms with Crippen LogP contribution in [0.4, 0.5) is 0 Å². The number of fused-ring (bicyclic) bond motifs is 1. The minimum Gasteiger partial charge on any atom is -0.497 e. The van der Waals surface area contributed by atoms with E-state index in [9.17, 15) is 0 Å². The van der Waals surface area contributed by atoms with Gasteiger partial charge in [0.05, 0.1) is 7.11 Å². The van der Waals surface area contributed by atoms with Gasteiger partial charge in [0, 0.05) is 16.7 Å². The third-order valence-electron chi connectivity index (χ3n) is 4.09. The summed E-state index contributed by atoms with van der Waals surface area (Å²) >= 11 is 2.45. The Labute approximate surface area is 140 Å². The molecule has 1 heterocycles. The first-order valence-electron chi connectivity index (χ1n) is 7.38. The van der Waals surface area contributed by atoms with Crippen LogP contribution in [0.25, 0.3) is 0 Å². The molecule has 2 aromatic carbocycles. The highest BCUT2D eigenvalue weighted by atomic mass is 127. The minimum absolute atomic E-state index is 0.934. The molecule has 0 spiro atoms. The highest BCUT2D eigenvalue weighted by Crippen LogP contribution is 2.27.